The lowest BCUT2D eigenvalue weighted by atomic mass is 9.89. The van der Waals surface area contributed by atoms with E-state index in [2.05, 4.69) is 217 Å². The molecule has 11 rings (SSSR count). The van der Waals surface area contributed by atoms with Gasteiger partial charge in [0.25, 0.3) is 0 Å². The minimum Gasteiger partial charge on any atom is -0.455 e. The normalized spacial score (nSPS) is 12.3. The van der Waals surface area contributed by atoms with Crippen LogP contribution in [0.2, 0.25) is 0 Å². The minimum atomic E-state index is 0.897. The summed E-state index contributed by atoms with van der Waals surface area (Å²) in [5, 5.41) is 4.69. The van der Waals surface area contributed by atoms with Gasteiger partial charge in [0.05, 0.1) is 5.69 Å². The van der Waals surface area contributed by atoms with Crippen molar-refractivity contribution in [1.82, 2.24) is 0 Å². The SMILES string of the molecule is C1=Cc2c(c(N(c3ccc(-c4ccc(-c5ccccc5)cc4)cc3)c3ccc4ccccc4c3)cc3c2oc2cccc(-c4ccccc4-c4ccccc4)c23)CC1. The Labute approximate surface area is 338 Å². The molecule has 0 radical (unpaired) electrons. The molecule has 1 heterocycles. The van der Waals surface area contributed by atoms with Crippen LogP contribution in [-0.4, -0.2) is 0 Å². The molecule has 0 amide bonds. The highest BCUT2D eigenvalue weighted by Gasteiger charge is 2.26. The molecule has 0 atom stereocenters. The van der Waals surface area contributed by atoms with E-state index < -0.39 is 0 Å². The summed E-state index contributed by atoms with van der Waals surface area (Å²) >= 11 is 0. The van der Waals surface area contributed by atoms with Crippen molar-refractivity contribution >= 4 is 55.8 Å². The molecule has 1 aliphatic carbocycles. The van der Waals surface area contributed by atoms with Crippen LogP contribution in [0.1, 0.15) is 17.5 Å². The van der Waals surface area contributed by atoms with E-state index in [0.717, 1.165) is 51.7 Å². The number of rotatable bonds is 7. The molecule has 10 aromatic rings. The van der Waals surface area contributed by atoms with Crippen molar-refractivity contribution in [2.75, 3.05) is 4.90 Å². The fourth-order valence-corrected chi connectivity index (χ4v) is 8.92. The Morgan fingerprint density at radius 1 is 0.431 bits per heavy atom. The fourth-order valence-electron chi connectivity index (χ4n) is 8.92. The third-order valence-corrected chi connectivity index (χ3v) is 11.7. The summed E-state index contributed by atoms with van der Waals surface area (Å²) in [5.74, 6) is 0. The first kappa shape index (κ1) is 33.9. The van der Waals surface area contributed by atoms with Crippen LogP contribution in [0.5, 0.6) is 0 Å². The molecule has 2 heteroatoms. The molecule has 0 aliphatic heterocycles. The summed E-state index contributed by atoms with van der Waals surface area (Å²) in [4.78, 5) is 2.46. The standard InChI is InChI=1S/C56H39NO/c1-3-14-38(15-4-1)40-26-28-41(29-27-40)42-30-33-45(34-31-42)57(46-35-32-39-16-7-8-19-44(39)36-46)53-37-52-55-50(48-21-10-9-20-47(48)43-17-5-2-6-18-43)24-13-25-54(55)58-56(52)51-23-12-11-22-49(51)53/h1-10,12-21,23-37H,11,22H2. The quantitative estimate of drug-likeness (QED) is 0.162. The summed E-state index contributed by atoms with van der Waals surface area (Å²) in [6.07, 6.45) is 6.48. The van der Waals surface area contributed by atoms with E-state index in [4.69, 9.17) is 4.42 Å². The lowest BCUT2D eigenvalue weighted by molar-refractivity contribution is 0.666. The highest BCUT2D eigenvalue weighted by Crippen LogP contribution is 2.48. The molecule has 1 aliphatic rings. The number of allylic oxidation sites excluding steroid dienone is 1. The molecule has 0 saturated heterocycles. The maximum atomic E-state index is 6.89. The zero-order valence-corrected chi connectivity index (χ0v) is 32.0. The molecule has 0 spiro atoms. The second-order valence-electron chi connectivity index (χ2n) is 15.2. The number of anilines is 3. The lowest BCUT2D eigenvalue weighted by Gasteiger charge is -2.30. The highest BCUT2D eigenvalue weighted by molar-refractivity contribution is 6.17. The maximum absolute atomic E-state index is 6.89. The Bertz CT molecular complexity index is 3140. The van der Waals surface area contributed by atoms with Gasteiger partial charge < -0.3 is 9.32 Å². The molecule has 0 unspecified atom stereocenters. The van der Waals surface area contributed by atoms with Gasteiger partial charge in [-0.05, 0) is 110 Å². The van der Waals surface area contributed by atoms with Crippen LogP contribution >= 0.6 is 0 Å². The molecule has 0 bridgehead atoms. The number of benzene rings is 9. The van der Waals surface area contributed by atoms with Crippen LogP contribution in [0.3, 0.4) is 0 Å². The second kappa shape index (κ2) is 14.3. The first-order chi connectivity index (χ1) is 28.8. The number of nitrogens with zero attached hydrogens (tertiary/aromatic N) is 1. The van der Waals surface area contributed by atoms with Crippen LogP contribution in [0, 0.1) is 0 Å². The lowest BCUT2D eigenvalue weighted by Crippen LogP contribution is -2.14. The Hall–Kier alpha value is -7.42. The number of fused-ring (bicyclic) bond motifs is 6. The highest BCUT2D eigenvalue weighted by atomic mass is 16.3. The topological polar surface area (TPSA) is 16.4 Å². The molecule has 0 fully saturated rings. The van der Waals surface area contributed by atoms with Crippen molar-refractivity contribution in [3.8, 4) is 44.5 Å². The van der Waals surface area contributed by atoms with Crippen molar-refractivity contribution in [3.63, 3.8) is 0 Å². The Morgan fingerprint density at radius 2 is 1.02 bits per heavy atom. The van der Waals surface area contributed by atoms with E-state index in [1.807, 2.05) is 0 Å². The second-order valence-corrected chi connectivity index (χ2v) is 15.2. The molecular formula is C56H39NO. The van der Waals surface area contributed by atoms with Crippen LogP contribution in [0.15, 0.2) is 211 Å². The smallest absolute Gasteiger partial charge is 0.143 e. The third kappa shape index (κ3) is 5.90. The zero-order valence-electron chi connectivity index (χ0n) is 32.0. The van der Waals surface area contributed by atoms with Gasteiger partial charge in [0, 0.05) is 27.7 Å². The van der Waals surface area contributed by atoms with Crippen molar-refractivity contribution in [1.29, 1.82) is 0 Å². The van der Waals surface area contributed by atoms with Crippen molar-refractivity contribution in [3.05, 3.63) is 217 Å². The summed E-state index contributed by atoms with van der Waals surface area (Å²) < 4.78 is 6.89. The largest absolute Gasteiger partial charge is 0.455 e. The molecule has 274 valence electrons. The van der Waals surface area contributed by atoms with E-state index >= 15 is 0 Å². The van der Waals surface area contributed by atoms with Gasteiger partial charge in [-0.2, -0.15) is 0 Å². The summed E-state index contributed by atoms with van der Waals surface area (Å²) in [5.41, 5.74) is 17.3. The third-order valence-electron chi connectivity index (χ3n) is 11.7. The molecule has 1 aromatic heterocycles. The van der Waals surface area contributed by atoms with Gasteiger partial charge in [0.15, 0.2) is 0 Å². The molecule has 58 heavy (non-hydrogen) atoms. The monoisotopic (exact) mass is 741 g/mol. The number of hydrogen-bond donors (Lipinski definition) is 0. The maximum Gasteiger partial charge on any atom is 0.143 e. The molecule has 0 saturated carbocycles. The van der Waals surface area contributed by atoms with Crippen LogP contribution in [0.25, 0.3) is 83.3 Å². The van der Waals surface area contributed by atoms with Crippen molar-refractivity contribution < 1.29 is 4.42 Å². The average molecular weight is 742 g/mol. The molecule has 2 nitrogen and oxygen atoms in total. The van der Waals surface area contributed by atoms with E-state index in [1.54, 1.807) is 0 Å². The van der Waals surface area contributed by atoms with Crippen molar-refractivity contribution in [2.45, 2.75) is 12.8 Å². The van der Waals surface area contributed by atoms with Gasteiger partial charge in [-0.25, -0.2) is 0 Å². The first-order valence-corrected chi connectivity index (χ1v) is 20.1. The molecule has 0 N–H and O–H groups in total. The summed E-state index contributed by atoms with van der Waals surface area (Å²) in [6, 6.07) is 72.3. The predicted molar refractivity (Wildman–Crippen MR) is 245 cm³/mol. The van der Waals surface area contributed by atoms with Crippen LogP contribution in [0.4, 0.5) is 17.1 Å². The number of furan rings is 1. The summed E-state index contributed by atoms with van der Waals surface area (Å²) in [6.45, 7) is 0. The predicted octanol–water partition coefficient (Wildman–Crippen LogP) is 15.8. The number of hydrogen-bond acceptors (Lipinski definition) is 2. The Balaban J connectivity index is 1.11. The van der Waals surface area contributed by atoms with E-state index in [9.17, 15) is 0 Å². The Morgan fingerprint density at radius 3 is 1.76 bits per heavy atom. The summed E-state index contributed by atoms with van der Waals surface area (Å²) in [7, 11) is 0. The van der Waals surface area contributed by atoms with Gasteiger partial charge in [-0.1, -0.05) is 176 Å². The fraction of sp³-hybridized carbons (Fsp3) is 0.0357. The van der Waals surface area contributed by atoms with Crippen LogP contribution in [-0.2, 0) is 6.42 Å². The molecular weight excluding hydrogens is 703 g/mol. The molecule has 9 aromatic carbocycles. The average Bonchev–Trinajstić information content (AvgIpc) is 3.69. The first-order valence-electron chi connectivity index (χ1n) is 20.1. The van der Waals surface area contributed by atoms with Gasteiger partial charge >= 0.3 is 0 Å². The Kier molecular flexibility index (Phi) is 8.33. The van der Waals surface area contributed by atoms with Gasteiger partial charge in [-0.15, -0.1) is 0 Å². The van der Waals surface area contributed by atoms with Crippen molar-refractivity contribution in [2.24, 2.45) is 0 Å². The minimum absolute atomic E-state index is 0.897. The van der Waals surface area contributed by atoms with Gasteiger partial charge in [-0.3, -0.25) is 0 Å². The van der Waals surface area contributed by atoms with E-state index in [0.29, 0.717) is 0 Å². The van der Waals surface area contributed by atoms with Gasteiger partial charge in [0.2, 0.25) is 0 Å². The zero-order chi connectivity index (χ0) is 38.4. The van der Waals surface area contributed by atoms with Gasteiger partial charge in [0.1, 0.15) is 11.2 Å². The van der Waals surface area contributed by atoms with E-state index in [1.165, 1.54) is 66.5 Å². The van der Waals surface area contributed by atoms with E-state index in [-0.39, 0.29) is 0 Å². The van der Waals surface area contributed by atoms with Crippen LogP contribution < -0.4 is 4.90 Å².